The monoisotopic (exact) mass is 397 g/mol. The van der Waals surface area contributed by atoms with Gasteiger partial charge in [0.1, 0.15) is 0 Å². The molecule has 3 nitrogen and oxygen atoms in total. The van der Waals surface area contributed by atoms with Gasteiger partial charge in [-0.05, 0) is 63.9 Å². The Hall–Kier alpha value is -1.11. The van der Waals surface area contributed by atoms with Crippen molar-refractivity contribution in [3.05, 3.63) is 35.4 Å². The van der Waals surface area contributed by atoms with Crippen LogP contribution in [0.2, 0.25) is 0 Å². The van der Waals surface area contributed by atoms with Gasteiger partial charge in [0.15, 0.2) is 0 Å². The van der Waals surface area contributed by atoms with E-state index in [1.165, 1.54) is 25.0 Å². The molecule has 2 fully saturated rings. The summed E-state index contributed by atoms with van der Waals surface area (Å²) in [5, 5.41) is 3.45. The average molecular weight is 398 g/mol. The highest BCUT2D eigenvalue weighted by Crippen LogP contribution is 2.35. The number of nitrogens with one attached hydrogen (secondary N) is 1. The fourth-order valence-electron chi connectivity index (χ4n) is 4.90. The van der Waals surface area contributed by atoms with Crippen molar-refractivity contribution in [1.29, 1.82) is 0 Å². The van der Waals surface area contributed by atoms with Crippen LogP contribution >= 0.6 is 0 Å². The molecule has 28 heavy (non-hydrogen) atoms. The number of benzene rings is 1. The SMILES string of the molecule is CCC[C@@H](c1ccc(C(F)(F)F)cc1)N1CCN(C2(C)CCNCC2)C[C@@H]1C. The lowest BCUT2D eigenvalue weighted by Crippen LogP contribution is -2.61. The van der Waals surface area contributed by atoms with E-state index in [-0.39, 0.29) is 11.6 Å². The molecule has 1 aromatic rings. The Kier molecular flexibility index (Phi) is 6.72. The first-order valence-corrected chi connectivity index (χ1v) is 10.6. The number of nitrogens with zero attached hydrogens (tertiary/aromatic N) is 2. The molecule has 2 saturated heterocycles. The summed E-state index contributed by atoms with van der Waals surface area (Å²) in [6.07, 6.45) is 0.0644. The molecule has 0 radical (unpaired) electrons. The molecule has 6 heteroatoms. The third-order valence-corrected chi connectivity index (χ3v) is 6.71. The van der Waals surface area contributed by atoms with Gasteiger partial charge in [0.2, 0.25) is 0 Å². The number of piperidine rings is 1. The number of hydrogen-bond donors (Lipinski definition) is 1. The second-order valence-electron chi connectivity index (χ2n) is 8.70. The Bertz CT molecular complexity index is 623. The summed E-state index contributed by atoms with van der Waals surface area (Å²) >= 11 is 0. The second-order valence-corrected chi connectivity index (χ2v) is 8.70. The minimum Gasteiger partial charge on any atom is -0.317 e. The number of alkyl halides is 3. The van der Waals surface area contributed by atoms with Crippen LogP contribution in [0.4, 0.5) is 13.2 Å². The van der Waals surface area contributed by atoms with Gasteiger partial charge in [0.25, 0.3) is 0 Å². The fraction of sp³-hybridized carbons (Fsp3) is 0.727. The summed E-state index contributed by atoms with van der Waals surface area (Å²) in [4.78, 5) is 5.15. The van der Waals surface area contributed by atoms with E-state index in [4.69, 9.17) is 0 Å². The zero-order chi connectivity index (χ0) is 20.4. The molecular formula is C22H34F3N3. The molecule has 0 aliphatic carbocycles. The Morgan fingerprint density at radius 3 is 2.32 bits per heavy atom. The third kappa shape index (κ3) is 4.71. The van der Waals surface area contributed by atoms with Gasteiger partial charge in [0, 0.05) is 37.3 Å². The molecular weight excluding hydrogens is 363 g/mol. The minimum absolute atomic E-state index is 0.185. The normalized spacial score (nSPS) is 25.6. The van der Waals surface area contributed by atoms with Crippen molar-refractivity contribution in [3.63, 3.8) is 0 Å². The van der Waals surface area contributed by atoms with Crippen molar-refractivity contribution in [3.8, 4) is 0 Å². The van der Waals surface area contributed by atoms with E-state index in [0.29, 0.717) is 6.04 Å². The Morgan fingerprint density at radius 2 is 1.79 bits per heavy atom. The highest BCUT2D eigenvalue weighted by Gasteiger charge is 2.39. The maximum atomic E-state index is 12.9. The fourth-order valence-corrected chi connectivity index (χ4v) is 4.90. The molecule has 1 aromatic carbocycles. The van der Waals surface area contributed by atoms with Gasteiger partial charge < -0.3 is 5.32 Å². The average Bonchev–Trinajstić information content (AvgIpc) is 2.66. The highest BCUT2D eigenvalue weighted by molar-refractivity contribution is 5.27. The molecule has 0 spiro atoms. The summed E-state index contributed by atoms with van der Waals surface area (Å²) in [6.45, 7) is 12.0. The van der Waals surface area contributed by atoms with Crippen molar-refractivity contribution in [2.75, 3.05) is 32.7 Å². The standard InChI is InChI=1S/C22H34F3N3/c1-4-5-20(18-6-8-19(9-7-18)22(23,24)25)28-15-14-27(16-17(28)2)21(3)10-12-26-13-11-21/h6-9,17,20,26H,4-5,10-16H2,1-3H3/t17-,20-/m0/s1. The summed E-state index contributed by atoms with van der Waals surface area (Å²) < 4.78 is 38.8. The van der Waals surface area contributed by atoms with E-state index in [0.717, 1.165) is 51.1 Å². The number of halogens is 3. The molecule has 0 aromatic heterocycles. The van der Waals surface area contributed by atoms with Crippen LogP contribution in [-0.4, -0.2) is 54.1 Å². The lowest BCUT2D eigenvalue weighted by Gasteiger charge is -2.52. The van der Waals surface area contributed by atoms with Gasteiger partial charge in [-0.2, -0.15) is 13.2 Å². The number of rotatable bonds is 5. The van der Waals surface area contributed by atoms with Crippen molar-refractivity contribution in [2.24, 2.45) is 0 Å². The maximum Gasteiger partial charge on any atom is 0.416 e. The first kappa shape index (κ1) is 21.6. The highest BCUT2D eigenvalue weighted by atomic mass is 19.4. The van der Waals surface area contributed by atoms with E-state index < -0.39 is 11.7 Å². The Balaban J connectivity index is 1.72. The van der Waals surface area contributed by atoms with Crippen LogP contribution in [0.5, 0.6) is 0 Å². The maximum absolute atomic E-state index is 12.9. The van der Waals surface area contributed by atoms with Crippen LogP contribution in [0.3, 0.4) is 0 Å². The Labute approximate surface area is 167 Å². The van der Waals surface area contributed by atoms with Crippen molar-refractivity contribution >= 4 is 0 Å². The molecule has 158 valence electrons. The van der Waals surface area contributed by atoms with Crippen LogP contribution < -0.4 is 5.32 Å². The minimum atomic E-state index is -4.28. The van der Waals surface area contributed by atoms with Crippen LogP contribution in [0.1, 0.15) is 63.6 Å². The zero-order valence-corrected chi connectivity index (χ0v) is 17.4. The molecule has 0 saturated carbocycles. The molecule has 2 aliphatic rings. The first-order chi connectivity index (χ1) is 13.2. The van der Waals surface area contributed by atoms with E-state index in [9.17, 15) is 13.2 Å². The van der Waals surface area contributed by atoms with Gasteiger partial charge in [-0.3, -0.25) is 9.80 Å². The quantitative estimate of drug-likeness (QED) is 0.777. The van der Waals surface area contributed by atoms with Crippen LogP contribution in [0.25, 0.3) is 0 Å². The predicted molar refractivity (Wildman–Crippen MR) is 107 cm³/mol. The van der Waals surface area contributed by atoms with Crippen LogP contribution in [-0.2, 0) is 6.18 Å². The first-order valence-electron chi connectivity index (χ1n) is 10.6. The molecule has 2 aliphatic heterocycles. The number of piperazine rings is 1. The summed E-state index contributed by atoms with van der Waals surface area (Å²) in [7, 11) is 0. The molecule has 0 unspecified atom stereocenters. The lowest BCUT2D eigenvalue weighted by molar-refractivity contribution is -0.137. The zero-order valence-electron chi connectivity index (χ0n) is 17.4. The molecule has 3 rings (SSSR count). The van der Waals surface area contributed by atoms with Crippen LogP contribution in [0.15, 0.2) is 24.3 Å². The second kappa shape index (κ2) is 8.72. The van der Waals surface area contributed by atoms with Gasteiger partial charge in [0.05, 0.1) is 5.56 Å². The van der Waals surface area contributed by atoms with Crippen LogP contribution in [0, 0.1) is 0 Å². The largest absolute Gasteiger partial charge is 0.416 e. The van der Waals surface area contributed by atoms with E-state index in [2.05, 4.69) is 35.9 Å². The molecule has 1 N–H and O–H groups in total. The molecule has 2 atom stereocenters. The summed E-state index contributed by atoms with van der Waals surface area (Å²) in [5.41, 5.74) is 0.701. The molecule has 2 heterocycles. The molecule has 0 bridgehead atoms. The van der Waals surface area contributed by atoms with E-state index in [1.807, 2.05) is 0 Å². The smallest absolute Gasteiger partial charge is 0.317 e. The van der Waals surface area contributed by atoms with Gasteiger partial charge in [-0.15, -0.1) is 0 Å². The van der Waals surface area contributed by atoms with Crippen molar-refractivity contribution < 1.29 is 13.2 Å². The van der Waals surface area contributed by atoms with Gasteiger partial charge in [-0.25, -0.2) is 0 Å². The number of hydrogen-bond acceptors (Lipinski definition) is 3. The van der Waals surface area contributed by atoms with E-state index >= 15 is 0 Å². The van der Waals surface area contributed by atoms with Crippen molar-refractivity contribution in [2.45, 2.75) is 70.3 Å². The summed E-state index contributed by atoms with van der Waals surface area (Å²) in [6, 6.07) is 6.39. The van der Waals surface area contributed by atoms with Gasteiger partial charge in [-0.1, -0.05) is 25.5 Å². The van der Waals surface area contributed by atoms with Crippen molar-refractivity contribution in [1.82, 2.24) is 15.1 Å². The topological polar surface area (TPSA) is 18.5 Å². The lowest BCUT2D eigenvalue weighted by atomic mass is 9.87. The summed E-state index contributed by atoms with van der Waals surface area (Å²) in [5.74, 6) is 0. The Morgan fingerprint density at radius 1 is 1.14 bits per heavy atom. The van der Waals surface area contributed by atoms with Gasteiger partial charge >= 0.3 is 6.18 Å². The third-order valence-electron chi connectivity index (χ3n) is 6.71. The molecule has 0 amide bonds. The van der Waals surface area contributed by atoms with E-state index in [1.54, 1.807) is 12.1 Å². The predicted octanol–water partition coefficient (Wildman–Crippen LogP) is 4.69.